The first-order chi connectivity index (χ1) is 14.7. The van der Waals surface area contributed by atoms with Gasteiger partial charge in [-0.15, -0.1) is 24.0 Å². The molecule has 2 aromatic rings. The van der Waals surface area contributed by atoms with Crippen molar-refractivity contribution in [1.29, 1.82) is 0 Å². The summed E-state index contributed by atoms with van der Waals surface area (Å²) in [6, 6.07) is 17.8. The number of benzene rings is 2. The quantitative estimate of drug-likeness (QED) is 0.223. The van der Waals surface area contributed by atoms with Crippen LogP contribution in [0.15, 0.2) is 59.6 Å². The molecule has 1 saturated carbocycles. The summed E-state index contributed by atoms with van der Waals surface area (Å²) in [6.45, 7) is 3.92. The van der Waals surface area contributed by atoms with Gasteiger partial charge in [0.05, 0.1) is 13.2 Å². The number of guanidine groups is 1. The molecule has 0 heterocycles. The number of aliphatic hydroxyl groups excluding tert-OH is 1. The van der Waals surface area contributed by atoms with E-state index in [4.69, 9.17) is 0 Å². The molecule has 1 unspecified atom stereocenters. The molecule has 168 valence electrons. The lowest BCUT2D eigenvalue weighted by molar-refractivity contribution is -0.122. The molecule has 0 aliphatic heterocycles. The van der Waals surface area contributed by atoms with Crippen LogP contribution in [0.5, 0.6) is 0 Å². The molecular weight excluding hydrogens is 503 g/mol. The van der Waals surface area contributed by atoms with Crippen molar-refractivity contribution in [2.75, 3.05) is 25.0 Å². The molecule has 1 fully saturated rings. The number of nitrogens with one attached hydrogen (secondary N) is 3. The lowest BCUT2D eigenvalue weighted by atomic mass is 9.85. The van der Waals surface area contributed by atoms with E-state index in [1.54, 1.807) is 0 Å². The molecule has 2 aromatic carbocycles. The molecule has 0 radical (unpaired) electrons. The fraction of sp³-hybridized carbons (Fsp3) is 0.417. The summed E-state index contributed by atoms with van der Waals surface area (Å²) in [6.07, 6.45) is 3.13. The molecule has 1 aliphatic carbocycles. The lowest BCUT2D eigenvalue weighted by Gasteiger charge is -2.24. The van der Waals surface area contributed by atoms with Gasteiger partial charge in [-0.2, -0.15) is 0 Å². The third kappa shape index (κ3) is 7.81. The molecule has 1 atom stereocenters. The summed E-state index contributed by atoms with van der Waals surface area (Å²) in [5, 5.41) is 19.4. The first kappa shape index (κ1) is 25.1. The maximum Gasteiger partial charge on any atom is 0.227 e. The SMILES string of the molecule is CCNC(=NCc1cccc(NC(=O)C2CCC2)c1)NCC(CO)c1ccccc1.I. The number of nitrogens with zero attached hydrogens (tertiary/aromatic N) is 1. The number of carbonyl (C=O) groups is 1. The Balaban J connectivity index is 0.00000341. The van der Waals surface area contributed by atoms with Crippen LogP contribution in [-0.2, 0) is 11.3 Å². The van der Waals surface area contributed by atoms with Crippen molar-refractivity contribution in [3.05, 3.63) is 65.7 Å². The third-order valence-electron chi connectivity index (χ3n) is 5.44. The van der Waals surface area contributed by atoms with E-state index >= 15 is 0 Å². The molecule has 3 rings (SSSR count). The highest BCUT2D eigenvalue weighted by Crippen LogP contribution is 2.27. The van der Waals surface area contributed by atoms with Crippen LogP contribution in [0.2, 0.25) is 0 Å². The molecular formula is C24H33IN4O2. The largest absolute Gasteiger partial charge is 0.396 e. The second-order valence-electron chi connectivity index (χ2n) is 7.68. The van der Waals surface area contributed by atoms with Gasteiger partial charge in [-0.3, -0.25) is 4.79 Å². The van der Waals surface area contributed by atoms with Crippen molar-refractivity contribution in [2.24, 2.45) is 10.9 Å². The molecule has 1 amide bonds. The van der Waals surface area contributed by atoms with Gasteiger partial charge in [0.25, 0.3) is 0 Å². The van der Waals surface area contributed by atoms with Crippen LogP contribution in [0.4, 0.5) is 5.69 Å². The Labute approximate surface area is 202 Å². The highest BCUT2D eigenvalue weighted by Gasteiger charge is 2.25. The van der Waals surface area contributed by atoms with E-state index < -0.39 is 0 Å². The minimum atomic E-state index is 0. The number of aliphatic imine (C=N–C) groups is 1. The molecule has 7 heteroatoms. The average Bonchev–Trinajstić information content (AvgIpc) is 2.72. The van der Waals surface area contributed by atoms with Crippen molar-refractivity contribution in [2.45, 2.75) is 38.6 Å². The number of carbonyl (C=O) groups excluding carboxylic acids is 1. The zero-order valence-electron chi connectivity index (χ0n) is 18.0. The predicted molar refractivity (Wildman–Crippen MR) is 137 cm³/mol. The number of halogens is 1. The Bertz CT molecular complexity index is 840. The van der Waals surface area contributed by atoms with Crippen LogP contribution >= 0.6 is 24.0 Å². The fourth-order valence-corrected chi connectivity index (χ4v) is 3.41. The summed E-state index contributed by atoms with van der Waals surface area (Å²) in [7, 11) is 0. The minimum Gasteiger partial charge on any atom is -0.396 e. The zero-order chi connectivity index (χ0) is 21.2. The van der Waals surface area contributed by atoms with Crippen molar-refractivity contribution in [3.8, 4) is 0 Å². The summed E-state index contributed by atoms with van der Waals surface area (Å²) in [5.41, 5.74) is 2.95. The van der Waals surface area contributed by atoms with Gasteiger partial charge in [0.2, 0.25) is 5.91 Å². The number of hydrogen-bond acceptors (Lipinski definition) is 3. The molecule has 31 heavy (non-hydrogen) atoms. The number of rotatable bonds is 9. The van der Waals surface area contributed by atoms with Crippen LogP contribution in [0.25, 0.3) is 0 Å². The van der Waals surface area contributed by atoms with Crippen molar-refractivity contribution >= 4 is 41.5 Å². The number of aliphatic hydroxyl groups is 1. The van der Waals surface area contributed by atoms with Crippen molar-refractivity contribution < 1.29 is 9.90 Å². The Hall–Kier alpha value is -2.13. The molecule has 1 aliphatic rings. The maximum atomic E-state index is 12.2. The fourth-order valence-electron chi connectivity index (χ4n) is 3.41. The van der Waals surface area contributed by atoms with Crippen LogP contribution in [0.3, 0.4) is 0 Å². The maximum absolute atomic E-state index is 12.2. The highest BCUT2D eigenvalue weighted by molar-refractivity contribution is 14.0. The zero-order valence-corrected chi connectivity index (χ0v) is 20.3. The number of hydrogen-bond donors (Lipinski definition) is 4. The van der Waals surface area contributed by atoms with Gasteiger partial charge >= 0.3 is 0 Å². The van der Waals surface area contributed by atoms with Gasteiger partial charge in [0.1, 0.15) is 0 Å². The molecule has 0 spiro atoms. The van der Waals surface area contributed by atoms with Gasteiger partial charge in [-0.05, 0) is 43.0 Å². The third-order valence-corrected chi connectivity index (χ3v) is 5.44. The van der Waals surface area contributed by atoms with Gasteiger partial charge in [-0.25, -0.2) is 4.99 Å². The van der Waals surface area contributed by atoms with E-state index in [0.29, 0.717) is 19.0 Å². The Kier molecular flexibility index (Phi) is 10.8. The topological polar surface area (TPSA) is 85.8 Å². The van der Waals surface area contributed by atoms with Gasteiger partial charge in [0, 0.05) is 30.6 Å². The Morgan fingerprint density at radius 2 is 1.90 bits per heavy atom. The standard InChI is InChI=1S/C24H32N4O2.HI/c1-2-25-24(27-16-21(17-29)19-9-4-3-5-10-19)26-15-18-8-6-13-22(14-18)28-23(30)20-11-7-12-20;/h3-6,8-10,13-14,20-21,29H,2,7,11-12,15-17H2,1H3,(H,28,30)(H2,25,26,27);1H. The summed E-state index contributed by atoms with van der Waals surface area (Å²) in [5.74, 6) is 0.990. The van der Waals surface area contributed by atoms with E-state index in [-0.39, 0.29) is 48.3 Å². The average molecular weight is 536 g/mol. The summed E-state index contributed by atoms with van der Waals surface area (Å²) >= 11 is 0. The monoisotopic (exact) mass is 536 g/mol. The summed E-state index contributed by atoms with van der Waals surface area (Å²) in [4.78, 5) is 16.8. The van der Waals surface area contributed by atoms with Gasteiger partial charge in [0.15, 0.2) is 5.96 Å². The van der Waals surface area contributed by atoms with Gasteiger partial charge < -0.3 is 21.1 Å². The van der Waals surface area contributed by atoms with Gasteiger partial charge in [-0.1, -0.05) is 48.9 Å². The summed E-state index contributed by atoms with van der Waals surface area (Å²) < 4.78 is 0. The normalized spacial score (nSPS) is 14.7. The van der Waals surface area contributed by atoms with E-state index in [9.17, 15) is 9.90 Å². The Morgan fingerprint density at radius 1 is 1.13 bits per heavy atom. The number of anilines is 1. The second kappa shape index (κ2) is 13.3. The van der Waals surface area contributed by atoms with Crippen LogP contribution in [0, 0.1) is 5.92 Å². The molecule has 0 bridgehead atoms. The van der Waals surface area contributed by atoms with E-state index in [0.717, 1.165) is 42.6 Å². The molecule has 6 nitrogen and oxygen atoms in total. The molecule has 0 aromatic heterocycles. The number of amides is 1. The van der Waals surface area contributed by atoms with E-state index in [2.05, 4.69) is 20.9 Å². The van der Waals surface area contributed by atoms with Crippen LogP contribution in [0.1, 0.15) is 43.2 Å². The van der Waals surface area contributed by atoms with Crippen LogP contribution in [-0.4, -0.2) is 36.7 Å². The molecule has 4 N–H and O–H groups in total. The lowest BCUT2D eigenvalue weighted by Crippen LogP contribution is -2.39. The van der Waals surface area contributed by atoms with E-state index in [1.807, 2.05) is 61.5 Å². The smallest absolute Gasteiger partial charge is 0.227 e. The first-order valence-corrected chi connectivity index (χ1v) is 10.8. The Morgan fingerprint density at radius 3 is 2.55 bits per heavy atom. The highest BCUT2D eigenvalue weighted by atomic mass is 127. The minimum absolute atomic E-state index is 0. The second-order valence-corrected chi connectivity index (χ2v) is 7.68. The van der Waals surface area contributed by atoms with Crippen molar-refractivity contribution in [1.82, 2.24) is 10.6 Å². The van der Waals surface area contributed by atoms with Crippen molar-refractivity contribution in [3.63, 3.8) is 0 Å². The molecule has 0 saturated heterocycles. The first-order valence-electron chi connectivity index (χ1n) is 10.8. The van der Waals surface area contributed by atoms with E-state index in [1.165, 1.54) is 0 Å². The van der Waals surface area contributed by atoms with Crippen LogP contribution < -0.4 is 16.0 Å². The predicted octanol–water partition coefficient (Wildman–Crippen LogP) is 3.87.